The van der Waals surface area contributed by atoms with Gasteiger partial charge in [-0.05, 0) is 13.0 Å². The number of hydrogen-bond acceptors (Lipinski definition) is 2. The second-order valence-corrected chi connectivity index (χ2v) is 4.17. The molecule has 2 aromatic rings. The fourth-order valence-electron chi connectivity index (χ4n) is 1.80. The zero-order valence-electron chi connectivity index (χ0n) is 10.1. The first-order valence-electron chi connectivity index (χ1n) is 5.68. The van der Waals surface area contributed by atoms with Gasteiger partial charge in [-0.2, -0.15) is 0 Å². The van der Waals surface area contributed by atoms with E-state index < -0.39 is 23.5 Å². The number of phenolic OH excluding ortho intramolecular Hbond substituents is 1. The third-order valence-electron chi connectivity index (χ3n) is 2.79. The van der Waals surface area contributed by atoms with Crippen LogP contribution in [0, 0.1) is 17.5 Å². The first-order valence-corrected chi connectivity index (χ1v) is 5.68. The number of halogens is 3. The van der Waals surface area contributed by atoms with Crippen LogP contribution >= 0.6 is 0 Å². The van der Waals surface area contributed by atoms with E-state index in [2.05, 4.69) is 5.32 Å². The highest BCUT2D eigenvalue weighted by Gasteiger charge is 2.14. The molecule has 0 aromatic heterocycles. The Morgan fingerprint density at radius 3 is 2.32 bits per heavy atom. The molecule has 0 bridgehead atoms. The van der Waals surface area contributed by atoms with Crippen molar-refractivity contribution in [3.63, 3.8) is 0 Å². The van der Waals surface area contributed by atoms with Crippen LogP contribution in [0.1, 0.15) is 18.5 Å². The van der Waals surface area contributed by atoms with Gasteiger partial charge in [0.2, 0.25) is 0 Å². The number of rotatable bonds is 3. The second-order valence-electron chi connectivity index (χ2n) is 4.17. The van der Waals surface area contributed by atoms with E-state index in [9.17, 15) is 18.3 Å². The van der Waals surface area contributed by atoms with Gasteiger partial charge in [-0.3, -0.25) is 0 Å². The molecular formula is C14H12F3NO. The molecule has 19 heavy (non-hydrogen) atoms. The zero-order valence-corrected chi connectivity index (χ0v) is 10.1. The lowest BCUT2D eigenvalue weighted by molar-refractivity contribution is 0.465. The van der Waals surface area contributed by atoms with E-state index in [4.69, 9.17) is 0 Å². The van der Waals surface area contributed by atoms with E-state index in [0.29, 0.717) is 11.6 Å². The van der Waals surface area contributed by atoms with Gasteiger partial charge < -0.3 is 10.4 Å². The van der Waals surface area contributed by atoms with E-state index >= 15 is 0 Å². The normalized spacial score (nSPS) is 12.2. The maximum atomic E-state index is 13.5. The summed E-state index contributed by atoms with van der Waals surface area (Å²) in [5, 5.41) is 12.4. The van der Waals surface area contributed by atoms with Crippen LogP contribution in [0.5, 0.6) is 5.75 Å². The predicted octanol–water partition coefficient (Wildman–Crippen LogP) is 3.98. The highest BCUT2D eigenvalue weighted by atomic mass is 19.2. The monoisotopic (exact) mass is 267 g/mol. The van der Waals surface area contributed by atoms with Gasteiger partial charge in [-0.25, -0.2) is 13.2 Å². The molecule has 2 aromatic carbocycles. The van der Waals surface area contributed by atoms with Gasteiger partial charge in [0, 0.05) is 17.7 Å². The van der Waals surface area contributed by atoms with Crippen LogP contribution < -0.4 is 5.32 Å². The van der Waals surface area contributed by atoms with Gasteiger partial charge >= 0.3 is 0 Å². The second kappa shape index (κ2) is 5.22. The molecule has 0 fully saturated rings. The van der Waals surface area contributed by atoms with Gasteiger partial charge in [0.05, 0.1) is 11.7 Å². The summed E-state index contributed by atoms with van der Waals surface area (Å²) in [5.41, 5.74) is 0.376. The van der Waals surface area contributed by atoms with Crippen LogP contribution in [-0.4, -0.2) is 5.11 Å². The summed E-state index contributed by atoms with van der Waals surface area (Å²) in [6.07, 6.45) is 0. The van der Waals surface area contributed by atoms with Crippen molar-refractivity contribution in [1.82, 2.24) is 0 Å². The van der Waals surface area contributed by atoms with Crippen molar-refractivity contribution in [3.8, 4) is 5.75 Å². The molecule has 0 aliphatic rings. The molecule has 2 N–H and O–H groups in total. The van der Waals surface area contributed by atoms with Gasteiger partial charge in [0.25, 0.3) is 0 Å². The molecule has 1 atom stereocenters. The Hall–Kier alpha value is -2.17. The summed E-state index contributed by atoms with van der Waals surface area (Å²) in [7, 11) is 0. The van der Waals surface area contributed by atoms with E-state index in [1.165, 1.54) is 6.07 Å². The lowest BCUT2D eigenvalue weighted by atomic mass is 10.1. The Kier molecular flexibility index (Phi) is 3.64. The minimum absolute atomic E-state index is 0.0468. The first-order chi connectivity index (χ1) is 8.99. The molecule has 0 spiro atoms. The number of benzene rings is 2. The lowest BCUT2D eigenvalue weighted by Crippen LogP contribution is -2.09. The fraction of sp³-hybridized carbons (Fsp3) is 0.143. The summed E-state index contributed by atoms with van der Waals surface area (Å²) in [6.45, 7) is 1.68. The Balaban J connectivity index is 2.27. The summed E-state index contributed by atoms with van der Waals surface area (Å²) in [5.74, 6) is -3.21. The summed E-state index contributed by atoms with van der Waals surface area (Å²) < 4.78 is 39.3. The van der Waals surface area contributed by atoms with Crippen molar-refractivity contribution in [3.05, 3.63) is 59.4 Å². The van der Waals surface area contributed by atoms with Gasteiger partial charge in [-0.1, -0.05) is 18.2 Å². The van der Waals surface area contributed by atoms with Gasteiger partial charge in [-0.15, -0.1) is 0 Å². The number of aromatic hydroxyl groups is 1. The molecule has 100 valence electrons. The van der Waals surface area contributed by atoms with Crippen molar-refractivity contribution in [2.45, 2.75) is 13.0 Å². The molecule has 0 amide bonds. The topological polar surface area (TPSA) is 32.3 Å². The van der Waals surface area contributed by atoms with Crippen LogP contribution in [0.4, 0.5) is 18.9 Å². The summed E-state index contributed by atoms with van der Waals surface area (Å²) >= 11 is 0. The molecular weight excluding hydrogens is 255 g/mol. The third-order valence-corrected chi connectivity index (χ3v) is 2.79. The molecule has 2 rings (SSSR count). The van der Waals surface area contributed by atoms with Crippen LogP contribution in [0.25, 0.3) is 0 Å². The van der Waals surface area contributed by atoms with E-state index in [0.717, 1.165) is 6.07 Å². The minimum Gasteiger partial charge on any atom is -0.508 e. The Labute approximate surface area is 108 Å². The Morgan fingerprint density at radius 2 is 1.63 bits per heavy atom. The van der Waals surface area contributed by atoms with Crippen molar-refractivity contribution in [2.75, 3.05) is 5.32 Å². The van der Waals surface area contributed by atoms with Crippen LogP contribution in [0.3, 0.4) is 0 Å². The highest BCUT2D eigenvalue weighted by Crippen LogP contribution is 2.28. The van der Waals surface area contributed by atoms with Crippen LogP contribution in [0.15, 0.2) is 36.4 Å². The summed E-state index contributed by atoms with van der Waals surface area (Å²) in [6, 6.07) is 7.30. The predicted molar refractivity (Wildman–Crippen MR) is 66.5 cm³/mol. The number of para-hydroxylation sites is 1. The Bertz CT molecular complexity index is 601. The number of hydrogen-bond donors (Lipinski definition) is 2. The van der Waals surface area contributed by atoms with Crippen LogP contribution in [0.2, 0.25) is 0 Å². The molecule has 0 saturated carbocycles. The number of anilines is 1. The largest absolute Gasteiger partial charge is 0.508 e. The van der Waals surface area contributed by atoms with Crippen molar-refractivity contribution >= 4 is 5.69 Å². The van der Waals surface area contributed by atoms with E-state index in [1.54, 1.807) is 25.1 Å². The molecule has 5 heteroatoms. The quantitative estimate of drug-likeness (QED) is 0.824. The van der Waals surface area contributed by atoms with Crippen molar-refractivity contribution in [2.24, 2.45) is 0 Å². The minimum atomic E-state index is -1.24. The average Bonchev–Trinajstić information content (AvgIpc) is 2.36. The van der Waals surface area contributed by atoms with Crippen molar-refractivity contribution in [1.29, 1.82) is 0 Å². The number of nitrogens with one attached hydrogen (secondary N) is 1. The molecule has 0 aliphatic carbocycles. The number of phenols is 1. The van der Waals surface area contributed by atoms with Gasteiger partial charge in [0.1, 0.15) is 11.6 Å². The molecule has 0 radical (unpaired) electrons. The van der Waals surface area contributed by atoms with E-state index in [-0.39, 0.29) is 11.4 Å². The fourth-order valence-corrected chi connectivity index (χ4v) is 1.80. The first kappa shape index (κ1) is 13.3. The third kappa shape index (κ3) is 2.81. The maximum Gasteiger partial charge on any atom is 0.161 e. The van der Waals surface area contributed by atoms with Crippen molar-refractivity contribution < 1.29 is 18.3 Å². The zero-order chi connectivity index (χ0) is 14.0. The summed E-state index contributed by atoms with van der Waals surface area (Å²) in [4.78, 5) is 0. The molecule has 2 nitrogen and oxygen atoms in total. The highest BCUT2D eigenvalue weighted by molar-refractivity contribution is 5.49. The molecule has 0 saturated heterocycles. The smallest absolute Gasteiger partial charge is 0.161 e. The lowest BCUT2D eigenvalue weighted by Gasteiger charge is -2.17. The van der Waals surface area contributed by atoms with E-state index in [1.807, 2.05) is 0 Å². The maximum absolute atomic E-state index is 13.5. The standard InChI is InChI=1S/C14H12F3NO/c1-8(9-4-2-3-5-14(9)19)18-13-7-11(16)10(15)6-12(13)17/h2-8,18-19H,1H3. The van der Waals surface area contributed by atoms with Crippen LogP contribution in [-0.2, 0) is 0 Å². The van der Waals surface area contributed by atoms with Gasteiger partial charge in [0.15, 0.2) is 11.6 Å². The molecule has 1 unspecified atom stereocenters. The molecule has 0 heterocycles. The molecule has 0 aliphatic heterocycles. The Morgan fingerprint density at radius 1 is 1.00 bits per heavy atom. The SMILES string of the molecule is CC(Nc1cc(F)c(F)cc1F)c1ccccc1O. The average molecular weight is 267 g/mol.